The second kappa shape index (κ2) is 7.12. The predicted molar refractivity (Wildman–Crippen MR) is 94.6 cm³/mol. The molecular formula is C18H19N5O2. The largest absolute Gasteiger partial charge is 0.305 e. The summed E-state index contributed by atoms with van der Waals surface area (Å²) < 4.78 is 2.84. The third-order valence-corrected chi connectivity index (χ3v) is 3.91. The van der Waals surface area contributed by atoms with Gasteiger partial charge in [0, 0.05) is 19.2 Å². The molecule has 2 aromatic heterocycles. The lowest BCUT2D eigenvalue weighted by atomic mass is 10.1. The van der Waals surface area contributed by atoms with Gasteiger partial charge in [-0.2, -0.15) is 10.2 Å². The molecule has 0 aliphatic carbocycles. The van der Waals surface area contributed by atoms with Crippen LogP contribution in [0.5, 0.6) is 0 Å². The molecule has 7 nitrogen and oxygen atoms in total. The molecule has 128 valence electrons. The molecule has 0 saturated carbocycles. The monoisotopic (exact) mass is 337 g/mol. The fraction of sp³-hybridized carbons (Fsp3) is 0.222. The van der Waals surface area contributed by atoms with Crippen molar-refractivity contribution in [2.75, 3.05) is 5.32 Å². The summed E-state index contributed by atoms with van der Waals surface area (Å²) in [7, 11) is 1.50. The quantitative estimate of drug-likeness (QED) is 0.770. The van der Waals surface area contributed by atoms with Gasteiger partial charge in [0.2, 0.25) is 0 Å². The van der Waals surface area contributed by atoms with Crippen LogP contribution < -0.4 is 10.9 Å². The lowest BCUT2D eigenvalue weighted by Gasteiger charge is -2.09. The highest BCUT2D eigenvalue weighted by molar-refractivity contribution is 6.02. The molecule has 0 unspecified atom stereocenters. The number of carbonyl (C=O) groups excluding carboxylic acids is 1. The molecule has 25 heavy (non-hydrogen) atoms. The first-order chi connectivity index (χ1) is 12.1. The van der Waals surface area contributed by atoms with Gasteiger partial charge in [-0.25, -0.2) is 9.36 Å². The topological polar surface area (TPSA) is 81.8 Å². The number of aromatic nitrogens is 4. The molecule has 0 bridgehead atoms. The smallest absolute Gasteiger partial charge is 0.277 e. The van der Waals surface area contributed by atoms with Gasteiger partial charge >= 0.3 is 0 Å². The number of nitrogens with zero attached hydrogens (tertiary/aromatic N) is 4. The Morgan fingerprint density at radius 1 is 1.08 bits per heavy atom. The van der Waals surface area contributed by atoms with Gasteiger partial charge in [-0.3, -0.25) is 9.59 Å². The number of rotatable bonds is 5. The van der Waals surface area contributed by atoms with Crippen LogP contribution >= 0.6 is 0 Å². The van der Waals surface area contributed by atoms with Crippen molar-refractivity contribution in [3.05, 3.63) is 75.8 Å². The molecule has 0 saturated heterocycles. The molecule has 7 heteroatoms. The molecule has 1 amide bonds. The Hall–Kier alpha value is -3.22. The van der Waals surface area contributed by atoms with Gasteiger partial charge in [-0.05, 0) is 23.6 Å². The van der Waals surface area contributed by atoms with Crippen molar-refractivity contribution >= 4 is 11.7 Å². The molecule has 2 heterocycles. The molecule has 0 aliphatic rings. The molecule has 0 spiro atoms. The summed E-state index contributed by atoms with van der Waals surface area (Å²) in [5.74, 6) is 0.180. The zero-order chi connectivity index (χ0) is 17.8. The average molecular weight is 337 g/mol. The molecule has 1 aromatic carbocycles. The number of aryl methyl sites for hydroxylation is 2. The van der Waals surface area contributed by atoms with Crippen molar-refractivity contribution in [3.8, 4) is 0 Å². The van der Waals surface area contributed by atoms with Crippen LogP contribution in [0.15, 0.2) is 53.5 Å². The predicted octanol–water partition coefficient (Wildman–Crippen LogP) is 1.84. The summed E-state index contributed by atoms with van der Waals surface area (Å²) in [6.07, 6.45) is 2.63. The Balaban J connectivity index is 1.75. The first kappa shape index (κ1) is 16.6. The fourth-order valence-corrected chi connectivity index (χ4v) is 2.42. The SMILES string of the molecule is CCc1ccc(Cn2nccc2NC(=O)c2ccc(=O)n(C)n2)cc1. The highest BCUT2D eigenvalue weighted by Crippen LogP contribution is 2.12. The van der Waals surface area contributed by atoms with Gasteiger partial charge < -0.3 is 5.32 Å². The Bertz CT molecular complexity index is 941. The van der Waals surface area contributed by atoms with E-state index in [1.165, 1.54) is 24.7 Å². The van der Waals surface area contributed by atoms with Crippen LogP contribution in [-0.2, 0) is 20.0 Å². The fourth-order valence-electron chi connectivity index (χ4n) is 2.42. The van der Waals surface area contributed by atoms with Crippen molar-refractivity contribution in [2.24, 2.45) is 7.05 Å². The Kier molecular flexibility index (Phi) is 4.74. The zero-order valence-electron chi connectivity index (χ0n) is 14.1. The number of nitrogens with one attached hydrogen (secondary N) is 1. The maximum absolute atomic E-state index is 12.3. The molecule has 0 aliphatic heterocycles. The summed E-state index contributed by atoms with van der Waals surface area (Å²) in [6, 6.07) is 12.7. The van der Waals surface area contributed by atoms with Crippen LogP contribution in [0.4, 0.5) is 5.82 Å². The van der Waals surface area contributed by atoms with Crippen molar-refractivity contribution < 1.29 is 4.79 Å². The number of hydrogen-bond donors (Lipinski definition) is 1. The maximum atomic E-state index is 12.3. The van der Waals surface area contributed by atoms with Crippen LogP contribution in [0.25, 0.3) is 0 Å². The molecule has 3 rings (SSSR count). The van der Waals surface area contributed by atoms with E-state index in [1.807, 2.05) is 0 Å². The maximum Gasteiger partial charge on any atom is 0.277 e. The second-order valence-corrected chi connectivity index (χ2v) is 5.68. The summed E-state index contributed by atoms with van der Waals surface area (Å²) in [5, 5.41) is 11.0. The Labute approximate surface area is 144 Å². The van der Waals surface area contributed by atoms with Crippen molar-refractivity contribution in [2.45, 2.75) is 19.9 Å². The van der Waals surface area contributed by atoms with Crippen LogP contribution in [0, 0.1) is 0 Å². The van der Waals surface area contributed by atoms with E-state index in [-0.39, 0.29) is 11.3 Å². The van der Waals surface area contributed by atoms with Crippen LogP contribution in [0.3, 0.4) is 0 Å². The summed E-state index contributed by atoms with van der Waals surface area (Å²) in [6.45, 7) is 2.66. The standard InChI is InChI=1S/C18H19N5O2/c1-3-13-4-6-14(7-5-13)12-23-16(10-11-19-23)20-18(25)15-8-9-17(24)22(2)21-15/h4-11H,3,12H2,1-2H3,(H,20,25). The second-order valence-electron chi connectivity index (χ2n) is 5.68. The van der Waals surface area contributed by atoms with Gasteiger partial charge in [0.15, 0.2) is 0 Å². The minimum absolute atomic E-state index is 0.169. The van der Waals surface area contributed by atoms with Crippen LogP contribution in [0.2, 0.25) is 0 Å². The van der Waals surface area contributed by atoms with E-state index in [0.717, 1.165) is 16.7 Å². The van der Waals surface area contributed by atoms with E-state index in [0.29, 0.717) is 12.4 Å². The van der Waals surface area contributed by atoms with E-state index in [2.05, 4.69) is 46.7 Å². The van der Waals surface area contributed by atoms with E-state index in [9.17, 15) is 9.59 Å². The minimum atomic E-state index is -0.390. The minimum Gasteiger partial charge on any atom is -0.305 e. The van der Waals surface area contributed by atoms with E-state index >= 15 is 0 Å². The number of amides is 1. The summed E-state index contributed by atoms with van der Waals surface area (Å²) in [5.41, 5.74) is 2.27. The van der Waals surface area contributed by atoms with Gasteiger partial charge in [0.25, 0.3) is 11.5 Å². The highest BCUT2D eigenvalue weighted by Gasteiger charge is 2.12. The van der Waals surface area contributed by atoms with Crippen molar-refractivity contribution in [1.82, 2.24) is 19.6 Å². The number of anilines is 1. The summed E-state index contributed by atoms with van der Waals surface area (Å²) >= 11 is 0. The third kappa shape index (κ3) is 3.82. The molecule has 0 atom stereocenters. The third-order valence-electron chi connectivity index (χ3n) is 3.91. The normalized spacial score (nSPS) is 10.6. The first-order valence-corrected chi connectivity index (χ1v) is 8.02. The van der Waals surface area contributed by atoms with Gasteiger partial charge in [0.05, 0.1) is 12.7 Å². The van der Waals surface area contributed by atoms with Crippen molar-refractivity contribution in [3.63, 3.8) is 0 Å². The Morgan fingerprint density at radius 3 is 2.48 bits per heavy atom. The van der Waals surface area contributed by atoms with Gasteiger partial charge in [-0.1, -0.05) is 31.2 Å². The molecule has 0 radical (unpaired) electrons. The van der Waals surface area contributed by atoms with E-state index in [1.54, 1.807) is 16.9 Å². The van der Waals surface area contributed by atoms with Crippen LogP contribution in [0.1, 0.15) is 28.5 Å². The molecular weight excluding hydrogens is 318 g/mol. The van der Waals surface area contributed by atoms with Gasteiger partial charge in [-0.15, -0.1) is 0 Å². The Morgan fingerprint density at radius 2 is 1.80 bits per heavy atom. The molecule has 1 N–H and O–H groups in total. The van der Waals surface area contributed by atoms with Crippen molar-refractivity contribution in [1.29, 1.82) is 0 Å². The zero-order valence-corrected chi connectivity index (χ0v) is 14.1. The summed E-state index contributed by atoms with van der Waals surface area (Å²) in [4.78, 5) is 23.7. The lowest BCUT2D eigenvalue weighted by molar-refractivity contribution is 0.101. The number of carbonyl (C=O) groups is 1. The molecule has 0 fully saturated rings. The van der Waals surface area contributed by atoms with Gasteiger partial charge in [0.1, 0.15) is 11.5 Å². The van der Waals surface area contributed by atoms with Crippen LogP contribution in [-0.4, -0.2) is 25.5 Å². The lowest BCUT2D eigenvalue weighted by Crippen LogP contribution is -2.24. The average Bonchev–Trinajstić information content (AvgIpc) is 3.04. The molecule has 3 aromatic rings. The van der Waals surface area contributed by atoms with E-state index < -0.39 is 5.91 Å². The number of hydrogen-bond acceptors (Lipinski definition) is 4. The highest BCUT2D eigenvalue weighted by atomic mass is 16.2. The van der Waals surface area contributed by atoms with E-state index in [4.69, 9.17) is 0 Å². The number of benzene rings is 1. The first-order valence-electron chi connectivity index (χ1n) is 8.02.